The maximum atomic E-state index is 4.75. The van der Waals surface area contributed by atoms with Crippen LogP contribution in [0.2, 0.25) is 0 Å². The summed E-state index contributed by atoms with van der Waals surface area (Å²) in [6.07, 6.45) is 11.8. The average molecular weight is 546 g/mol. The molecule has 36 heavy (non-hydrogen) atoms. The predicted molar refractivity (Wildman–Crippen MR) is 153 cm³/mol. The third kappa shape index (κ3) is 5.43. The zero-order valence-electron chi connectivity index (χ0n) is 21.3. The van der Waals surface area contributed by atoms with E-state index < -0.39 is 21.3 Å². The molecule has 0 saturated carbocycles. The van der Waals surface area contributed by atoms with Crippen molar-refractivity contribution in [3.8, 4) is 0 Å². The van der Waals surface area contributed by atoms with E-state index in [1.165, 1.54) is 44.5 Å². The Morgan fingerprint density at radius 2 is 0.972 bits per heavy atom. The van der Waals surface area contributed by atoms with Gasteiger partial charge in [-0.3, -0.25) is 0 Å². The Hall–Kier alpha value is -2.89. The summed E-state index contributed by atoms with van der Waals surface area (Å²) in [7, 11) is 0. The van der Waals surface area contributed by atoms with Crippen LogP contribution < -0.4 is 0 Å². The van der Waals surface area contributed by atoms with Crippen molar-refractivity contribution in [1.82, 2.24) is 0 Å². The van der Waals surface area contributed by atoms with Crippen molar-refractivity contribution in [2.24, 2.45) is 0 Å². The first-order valence-corrected chi connectivity index (χ1v) is 17.5. The molecule has 1 heteroatoms. The van der Waals surface area contributed by atoms with Gasteiger partial charge in [-0.15, -0.1) is 0 Å². The van der Waals surface area contributed by atoms with E-state index in [-0.39, 0.29) is 0 Å². The molecule has 0 N–H and O–H groups in total. The minimum atomic E-state index is -1.90. The zero-order valence-corrected chi connectivity index (χ0v) is 23.8. The quantitative estimate of drug-likeness (QED) is 0.235. The van der Waals surface area contributed by atoms with Crippen LogP contribution in [0.15, 0.2) is 109 Å². The first-order chi connectivity index (χ1) is 17.6. The Morgan fingerprint density at radius 1 is 0.556 bits per heavy atom. The van der Waals surface area contributed by atoms with Gasteiger partial charge in [0.05, 0.1) is 0 Å². The molecular weight excluding hydrogens is 512 g/mol. The summed E-state index contributed by atoms with van der Waals surface area (Å²) in [5.41, 5.74) is 11.6. The van der Waals surface area contributed by atoms with Crippen molar-refractivity contribution < 1.29 is 21.3 Å². The number of allylic oxidation sites excluding steroid dienone is 2. The summed E-state index contributed by atoms with van der Waals surface area (Å²) >= 11 is -1.90. The second kappa shape index (κ2) is 11.4. The minimum absolute atomic E-state index is 0.610. The van der Waals surface area contributed by atoms with Gasteiger partial charge in [0.1, 0.15) is 0 Å². The van der Waals surface area contributed by atoms with Crippen LogP contribution in [0.4, 0.5) is 0 Å². The number of fused-ring (bicyclic) bond motifs is 2. The van der Waals surface area contributed by atoms with Crippen molar-refractivity contribution in [2.75, 3.05) is 0 Å². The van der Waals surface area contributed by atoms with E-state index in [0.717, 1.165) is 12.8 Å². The maximum Gasteiger partial charge on any atom is -0.0238 e. The summed E-state index contributed by atoms with van der Waals surface area (Å²) in [5.74, 6) is 0. The average Bonchev–Trinajstić information content (AvgIpc) is 3.55. The molecule has 0 nitrogen and oxygen atoms in total. The molecule has 0 aliphatic heterocycles. The van der Waals surface area contributed by atoms with E-state index in [9.17, 15) is 0 Å². The van der Waals surface area contributed by atoms with E-state index >= 15 is 0 Å². The normalized spacial score (nSPS) is 16.7. The third-order valence-electron chi connectivity index (χ3n) is 7.48. The SMILES string of the molecule is [CH2]=[Zr]([CH]1C=Cc2c(C)cccc21)[CH]1C=Cc2c(C)cccc21.c1ccc(CCc2ccccc2)cc1. The molecule has 2 aliphatic carbocycles. The molecule has 2 aliphatic rings. The van der Waals surface area contributed by atoms with Crippen LogP contribution in [0.1, 0.15) is 51.8 Å². The maximum absolute atomic E-state index is 4.75. The molecule has 0 saturated heterocycles. The molecule has 4 aromatic rings. The van der Waals surface area contributed by atoms with E-state index in [1.807, 2.05) is 0 Å². The topological polar surface area (TPSA) is 0 Å². The number of aryl methyl sites for hydroxylation is 4. The monoisotopic (exact) mass is 544 g/mol. The molecule has 0 fully saturated rings. The van der Waals surface area contributed by atoms with E-state index in [1.54, 1.807) is 0 Å². The molecule has 0 amide bonds. The first-order valence-electron chi connectivity index (χ1n) is 12.9. The molecule has 0 spiro atoms. The molecule has 178 valence electrons. The van der Waals surface area contributed by atoms with Crippen LogP contribution in [-0.2, 0) is 34.1 Å². The number of benzene rings is 4. The second-order valence-corrected chi connectivity index (χ2v) is 15.8. The van der Waals surface area contributed by atoms with Crippen LogP contribution in [0.3, 0.4) is 0 Å². The number of hydrogen-bond acceptors (Lipinski definition) is 0. The summed E-state index contributed by atoms with van der Waals surface area (Å²) < 4.78 is 5.97. The van der Waals surface area contributed by atoms with Gasteiger partial charge in [-0.05, 0) is 24.0 Å². The van der Waals surface area contributed by atoms with Crippen molar-refractivity contribution in [3.63, 3.8) is 0 Å². The second-order valence-electron chi connectivity index (χ2n) is 9.88. The van der Waals surface area contributed by atoms with Gasteiger partial charge in [-0.1, -0.05) is 60.7 Å². The fourth-order valence-corrected chi connectivity index (χ4v) is 11.3. The number of hydrogen-bond donors (Lipinski definition) is 0. The Kier molecular flexibility index (Phi) is 7.88. The first kappa shape index (κ1) is 24.8. The fourth-order valence-electron chi connectivity index (χ4n) is 5.41. The summed E-state index contributed by atoms with van der Waals surface area (Å²) in [4.78, 5) is 0. The van der Waals surface area contributed by atoms with Gasteiger partial charge >= 0.3 is 141 Å². The Morgan fingerprint density at radius 3 is 1.39 bits per heavy atom. The molecular formula is C35H34Zr. The Labute approximate surface area is 224 Å². The van der Waals surface area contributed by atoms with Crippen LogP contribution in [0, 0.1) is 13.8 Å². The van der Waals surface area contributed by atoms with Crippen LogP contribution in [0.5, 0.6) is 0 Å². The van der Waals surface area contributed by atoms with Crippen LogP contribution in [-0.4, -0.2) is 4.21 Å². The minimum Gasteiger partial charge on any atom is -0.0622 e. The molecule has 0 heterocycles. The molecule has 2 atom stereocenters. The van der Waals surface area contributed by atoms with E-state index in [2.05, 4.69) is 135 Å². The van der Waals surface area contributed by atoms with Crippen molar-refractivity contribution >= 4 is 16.4 Å². The largest absolute Gasteiger partial charge is 0.0622 e. The van der Waals surface area contributed by atoms with Crippen molar-refractivity contribution in [3.05, 3.63) is 154 Å². The number of rotatable bonds is 5. The Balaban J connectivity index is 0.000000165. The zero-order chi connectivity index (χ0) is 24.9. The Bertz CT molecular complexity index is 1300. The van der Waals surface area contributed by atoms with Gasteiger partial charge in [0.2, 0.25) is 0 Å². The van der Waals surface area contributed by atoms with Gasteiger partial charge in [-0.2, -0.15) is 0 Å². The standard InChI is InChI=1S/C14H14.2C10H9.CH2.Zr/c1-3-7-13(8-4-1)11-12-14-9-5-2-6-10-14;2*1-8-4-2-5-9-6-3-7-10(8)9;;/h1-10H,11-12H2;2*2-7H,1H3;1H2;. The molecule has 0 aromatic heterocycles. The molecule has 0 bridgehead atoms. The van der Waals surface area contributed by atoms with Gasteiger partial charge in [0.15, 0.2) is 0 Å². The molecule has 6 rings (SSSR count). The summed E-state index contributed by atoms with van der Waals surface area (Å²) in [5, 5.41) is 0. The van der Waals surface area contributed by atoms with Gasteiger partial charge in [0.25, 0.3) is 0 Å². The van der Waals surface area contributed by atoms with Crippen LogP contribution >= 0.6 is 0 Å². The van der Waals surface area contributed by atoms with Crippen molar-refractivity contribution in [2.45, 2.75) is 33.9 Å². The summed E-state index contributed by atoms with van der Waals surface area (Å²) in [6, 6.07) is 34.7. The predicted octanol–water partition coefficient (Wildman–Crippen LogP) is 8.66. The van der Waals surface area contributed by atoms with Gasteiger partial charge < -0.3 is 0 Å². The summed E-state index contributed by atoms with van der Waals surface area (Å²) in [6.45, 7) is 4.43. The molecule has 4 aromatic carbocycles. The molecule has 0 radical (unpaired) electrons. The van der Waals surface area contributed by atoms with Crippen molar-refractivity contribution in [1.29, 1.82) is 0 Å². The van der Waals surface area contributed by atoms with E-state index in [0.29, 0.717) is 7.25 Å². The van der Waals surface area contributed by atoms with Gasteiger partial charge in [-0.25, -0.2) is 0 Å². The molecule has 2 unspecified atom stereocenters. The van der Waals surface area contributed by atoms with E-state index in [4.69, 9.17) is 4.21 Å². The smallest absolute Gasteiger partial charge is 0.0238 e. The third-order valence-corrected chi connectivity index (χ3v) is 13.9. The van der Waals surface area contributed by atoms with Crippen LogP contribution in [0.25, 0.3) is 12.2 Å². The fraction of sp³-hybridized carbons (Fsp3) is 0.171. The van der Waals surface area contributed by atoms with Gasteiger partial charge in [0, 0.05) is 0 Å².